The van der Waals surface area contributed by atoms with E-state index in [1.165, 1.54) is 10.3 Å². The van der Waals surface area contributed by atoms with Crippen LogP contribution in [0.1, 0.15) is 90.2 Å². The molecule has 5 heteroatoms. The number of hydrogen-bond donors (Lipinski definition) is 1. The number of aromatic nitrogens is 3. The lowest BCUT2D eigenvalue weighted by atomic mass is 9.94. The van der Waals surface area contributed by atoms with E-state index in [-0.39, 0.29) is 11.5 Å². The summed E-state index contributed by atoms with van der Waals surface area (Å²) in [4.78, 5) is 16.5. The topological polar surface area (TPSA) is 59.0 Å². The molecule has 0 unspecified atom stereocenters. The number of hydrogen-bond acceptors (Lipinski definition) is 3. The lowest BCUT2D eigenvalue weighted by molar-refractivity contribution is -0.890. The fourth-order valence-electron chi connectivity index (χ4n) is 4.09. The number of pyridine rings is 1. The van der Waals surface area contributed by atoms with Crippen molar-refractivity contribution in [2.75, 3.05) is 0 Å². The van der Waals surface area contributed by atoms with Crippen LogP contribution in [0.15, 0.2) is 59.4 Å². The fraction of sp³-hybridized carbons (Fsp3) is 0.414. The lowest BCUT2D eigenvalue weighted by Gasteiger charge is -2.12. The average molecular weight is 463 g/mol. The van der Waals surface area contributed by atoms with Crippen molar-refractivity contribution in [3.05, 3.63) is 82.0 Å². The molecule has 2 heterocycles. The highest BCUT2D eigenvalue weighted by Gasteiger charge is 2.25. The van der Waals surface area contributed by atoms with Gasteiger partial charge in [-0.15, -0.1) is 0 Å². The molecule has 0 fully saturated rings. The van der Waals surface area contributed by atoms with Crippen molar-refractivity contribution in [1.82, 2.24) is 9.55 Å². The summed E-state index contributed by atoms with van der Waals surface area (Å²) >= 11 is 0. The highest BCUT2D eigenvalue weighted by molar-refractivity contribution is 5.77. The van der Waals surface area contributed by atoms with Gasteiger partial charge in [0.15, 0.2) is 0 Å². The molecule has 182 valence electrons. The van der Waals surface area contributed by atoms with Crippen LogP contribution in [-0.2, 0) is 7.05 Å². The lowest BCUT2D eigenvalue weighted by Crippen LogP contribution is -2.38. The minimum atomic E-state index is 0.0318. The van der Waals surface area contributed by atoms with Crippen LogP contribution in [0.2, 0.25) is 0 Å². The van der Waals surface area contributed by atoms with Crippen molar-refractivity contribution in [2.24, 2.45) is 7.05 Å². The van der Waals surface area contributed by atoms with Crippen molar-refractivity contribution in [3.8, 4) is 0 Å². The van der Waals surface area contributed by atoms with E-state index in [0.717, 1.165) is 27.9 Å². The van der Waals surface area contributed by atoms with Crippen LogP contribution in [0.25, 0.3) is 21.8 Å². The van der Waals surface area contributed by atoms with Crippen molar-refractivity contribution < 1.29 is 9.94 Å². The molecule has 0 saturated carbocycles. The van der Waals surface area contributed by atoms with Gasteiger partial charge in [0.25, 0.3) is 11.1 Å². The van der Waals surface area contributed by atoms with Gasteiger partial charge < -0.3 is 0 Å². The van der Waals surface area contributed by atoms with Gasteiger partial charge in [-0.25, -0.2) is 4.98 Å². The summed E-state index contributed by atoms with van der Waals surface area (Å²) in [5.41, 5.74) is 3.93. The molecule has 0 bridgehead atoms. The summed E-state index contributed by atoms with van der Waals surface area (Å²) in [6.07, 6.45) is 0. The molecular formula is C29H40N3O2+. The zero-order valence-electron chi connectivity index (χ0n) is 22.1. The third kappa shape index (κ3) is 5.64. The third-order valence-corrected chi connectivity index (χ3v) is 5.70. The molecule has 4 rings (SSSR count). The SMILES string of the molecule is CC.CC(C)c1cc2ccccc2[n+](O)c1C(C)C.CC(C)c1nc2ccccc2c(=O)n1C. The van der Waals surface area contributed by atoms with Crippen LogP contribution >= 0.6 is 0 Å². The first-order valence-corrected chi connectivity index (χ1v) is 12.3. The Morgan fingerprint density at radius 3 is 2.03 bits per heavy atom. The molecule has 2 aromatic carbocycles. The number of para-hydroxylation sites is 2. The van der Waals surface area contributed by atoms with E-state index in [9.17, 15) is 10.0 Å². The summed E-state index contributed by atoms with van der Waals surface area (Å²) in [6.45, 7) is 16.6. The van der Waals surface area contributed by atoms with Crippen molar-refractivity contribution in [3.63, 3.8) is 0 Å². The predicted molar refractivity (Wildman–Crippen MR) is 142 cm³/mol. The first-order chi connectivity index (χ1) is 16.1. The van der Waals surface area contributed by atoms with Gasteiger partial charge in [-0.2, -0.15) is 0 Å². The van der Waals surface area contributed by atoms with Gasteiger partial charge in [-0.05, 0) is 30.2 Å². The van der Waals surface area contributed by atoms with E-state index >= 15 is 0 Å². The van der Waals surface area contributed by atoms with Gasteiger partial charge >= 0.3 is 0 Å². The van der Waals surface area contributed by atoms with Gasteiger partial charge in [0.05, 0.1) is 16.3 Å². The molecule has 0 saturated heterocycles. The number of benzene rings is 2. The molecule has 0 amide bonds. The van der Waals surface area contributed by atoms with Crippen molar-refractivity contribution in [1.29, 1.82) is 0 Å². The Morgan fingerprint density at radius 2 is 1.44 bits per heavy atom. The van der Waals surface area contributed by atoms with Crippen LogP contribution < -0.4 is 10.3 Å². The Morgan fingerprint density at radius 1 is 0.853 bits per heavy atom. The first-order valence-electron chi connectivity index (χ1n) is 12.3. The monoisotopic (exact) mass is 462 g/mol. The number of fused-ring (bicyclic) bond motifs is 2. The summed E-state index contributed by atoms with van der Waals surface area (Å²) in [5, 5.41) is 12.1. The third-order valence-electron chi connectivity index (χ3n) is 5.70. The smallest absolute Gasteiger partial charge is 0.264 e. The van der Waals surface area contributed by atoms with E-state index in [4.69, 9.17) is 0 Å². The van der Waals surface area contributed by atoms with Crippen molar-refractivity contribution >= 4 is 21.8 Å². The van der Waals surface area contributed by atoms with Crippen LogP contribution in [0.4, 0.5) is 0 Å². The normalized spacial score (nSPS) is 10.9. The summed E-state index contributed by atoms with van der Waals surface area (Å²) < 4.78 is 2.99. The molecular weight excluding hydrogens is 422 g/mol. The highest BCUT2D eigenvalue weighted by Crippen LogP contribution is 2.26. The second-order valence-electron chi connectivity index (χ2n) is 9.17. The van der Waals surface area contributed by atoms with E-state index < -0.39 is 0 Å². The Labute approximate surface area is 203 Å². The van der Waals surface area contributed by atoms with Crippen LogP contribution in [0.3, 0.4) is 0 Å². The fourth-order valence-corrected chi connectivity index (χ4v) is 4.09. The van der Waals surface area contributed by atoms with Gasteiger partial charge in [-0.3, -0.25) is 14.6 Å². The van der Waals surface area contributed by atoms with E-state index in [2.05, 4.69) is 38.7 Å². The molecule has 5 nitrogen and oxygen atoms in total. The Balaban J connectivity index is 0.000000225. The van der Waals surface area contributed by atoms with E-state index in [1.807, 2.05) is 76.2 Å². The van der Waals surface area contributed by atoms with Crippen LogP contribution in [-0.4, -0.2) is 14.8 Å². The van der Waals surface area contributed by atoms with Gasteiger partial charge in [0, 0.05) is 35.2 Å². The molecule has 0 aliphatic heterocycles. The predicted octanol–water partition coefficient (Wildman–Crippen LogP) is 6.69. The van der Waals surface area contributed by atoms with E-state index in [0.29, 0.717) is 17.2 Å². The quantitative estimate of drug-likeness (QED) is 0.272. The highest BCUT2D eigenvalue weighted by atomic mass is 16.5. The van der Waals surface area contributed by atoms with Gasteiger partial charge in [0.1, 0.15) is 5.82 Å². The molecule has 2 aromatic heterocycles. The number of rotatable bonds is 3. The van der Waals surface area contributed by atoms with E-state index in [1.54, 1.807) is 11.6 Å². The standard InChI is InChI=1S/C15H20NO.C12H14N2O.C2H6/c1-10(2)13-9-12-7-5-6-8-14(12)16(17)15(13)11(3)4;1-8(2)11-13-10-7-5-4-6-9(10)12(15)14(11)3;1-2/h5-11,17H,1-4H3;4-8H,1-3H3;1-2H3/q+1;;. The average Bonchev–Trinajstić information content (AvgIpc) is 2.82. The second-order valence-corrected chi connectivity index (χ2v) is 9.17. The maximum absolute atomic E-state index is 12.0. The Kier molecular flexibility index (Phi) is 9.36. The molecule has 1 N–H and O–H groups in total. The summed E-state index contributed by atoms with van der Waals surface area (Å²) in [7, 11) is 1.77. The maximum atomic E-state index is 12.0. The minimum Gasteiger partial charge on any atom is -0.299 e. The largest absolute Gasteiger partial charge is 0.299 e. The molecule has 0 aliphatic carbocycles. The minimum absolute atomic E-state index is 0.0318. The summed E-state index contributed by atoms with van der Waals surface area (Å²) in [5.74, 6) is 1.81. The van der Waals surface area contributed by atoms with Crippen molar-refractivity contribution in [2.45, 2.75) is 73.1 Å². The number of nitrogens with zero attached hydrogens (tertiary/aromatic N) is 3. The Hall–Kier alpha value is -3.21. The molecule has 4 aromatic rings. The molecule has 34 heavy (non-hydrogen) atoms. The maximum Gasteiger partial charge on any atom is 0.264 e. The molecule has 0 spiro atoms. The zero-order chi connectivity index (χ0) is 25.6. The molecule has 0 atom stereocenters. The second kappa shape index (κ2) is 11.8. The Bertz CT molecular complexity index is 1300. The molecule has 0 radical (unpaired) electrons. The zero-order valence-corrected chi connectivity index (χ0v) is 22.1. The molecule has 0 aliphatic rings. The first kappa shape index (κ1) is 27.0. The summed E-state index contributed by atoms with van der Waals surface area (Å²) in [6, 6.07) is 17.6. The van der Waals surface area contributed by atoms with Gasteiger partial charge in [0.2, 0.25) is 5.69 Å². The van der Waals surface area contributed by atoms with Crippen LogP contribution in [0.5, 0.6) is 0 Å². The van der Waals surface area contributed by atoms with Gasteiger partial charge in [-0.1, -0.05) is 79.7 Å². The van der Waals surface area contributed by atoms with Crippen LogP contribution in [0, 0.1) is 0 Å².